The molecule has 0 atom stereocenters. The summed E-state index contributed by atoms with van der Waals surface area (Å²) in [6.07, 6.45) is 3.88. The number of hydrogen-bond donors (Lipinski definition) is 1. The lowest BCUT2D eigenvalue weighted by molar-refractivity contribution is 0.0759. The first-order chi connectivity index (χ1) is 8.19. The number of amides is 1. The predicted octanol–water partition coefficient (Wildman–Crippen LogP) is 2.04. The van der Waals surface area contributed by atoms with E-state index in [1.165, 1.54) is 0 Å². The van der Waals surface area contributed by atoms with Gasteiger partial charge in [0.25, 0.3) is 5.91 Å². The second-order valence-corrected chi connectivity index (χ2v) is 4.20. The molecule has 1 aromatic rings. The Morgan fingerprint density at radius 2 is 2.12 bits per heavy atom. The van der Waals surface area contributed by atoms with Gasteiger partial charge in [0.15, 0.2) is 5.76 Å². The van der Waals surface area contributed by atoms with E-state index in [-0.39, 0.29) is 5.91 Å². The van der Waals surface area contributed by atoms with Gasteiger partial charge in [-0.2, -0.15) is 0 Å². The number of unbranched alkanes of at least 4 members (excludes halogenated alkanes) is 2. The Bertz CT molecular complexity index is 347. The SMILES string of the molecule is CCc1ccc(C(=O)N(C)CCCCCN)o1. The van der Waals surface area contributed by atoms with Gasteiger partial charge in [-0.15, -0.1) is 0 Å². The van der Waals surface area contributed by atoms with Gasteiger partial charge in [-0.1, -0.05) is 13.3 Å². The highest BCUT2D eigenvalue weighted by Crippen LogP contribution is 2.11. The van der Waals surface area contributed by atoms with Gasteiger partial charge in [0.05, 0.1) is 0 Å². The average molecular weight is 238 g/mol. The first-order valence-electron chi connectivity index (χ1n) is 6.23. The second kappa shape index (κ2) is 7.12. The van der Waals surface area contributed by atoms with Crippen LogP contribution in [0.4, 0.5) is 0 Å². The summed E-state index contributed by atoms with van der Waals surface area (Å²) in [5.74, 6) is 1.24. The van der Waals surface area contributed by atoms with Gasteiger partial charge < -0.3 is 15.1 Å². The predicted molar refractivity (Wildman–Crippen MR) is 68.0 cm³/mol. The second-order valence-electron chi connectivity index (χ2n) is 4.20. The summed E-state index contributed by atoms with van der Waals surface area (Å²) in [7, 11) is 1.80. The zero-order valence-corrected chi connectivity index (χ0v) is 10.7. The van der Waals surface area contributed by atoms with Crippen molar-refractivity contribution in [3.05, 3.63) is 23.7 Å². The van der Waals surface area contributed by atoms with Crippen molar-refractivity contribution < 1.29 is 9.21 Å². The van der Waals surface area contributed by atoms with Gasteiger partial charge >= 0.3 is 0 Å². The number of aryl methyl sites for hydroxylation is 1. The molecule has 1 aromatic heterocycles. The molecule has 96 valence electrons. The number of carbonyl (C=O) groups excluding carboxylic acids is 1. The molecule has 0 aliphatic heterocycles. The Morgan fingerprint density at radius 1 is 1.35 bits per heavy atom. The van der Waals surface area contributed by atoms with E-state index in [1.54, 1.807) is 18.0 Å². The summed E-state index contributed by atoms with van der Waals surface area (Å²) in [4.78, 5) is 13.6. The molecule has 0 unspecified atom stereocenters. The zero-order chi connectivity index (χ0) is 12.7. The molecule has 2 N–H and O–H groups in total. The molecule has 0 radical (unpaired) electrons. The van der Waals surface area contributed by atoms with Crippen LogP contribution in [0.2, 0.25) is 0 Å². The maximum atomic E-state index is 11.9. The fraction of sp³-hybridized carbons (Fsp3) is 0.615. The van der Waals surface area contributed by atoms with Crippen molar-refractivity contribution >= 4 is 5.91 Å². The molecule has 4 nitrogen and oxygen atoms in total. The topological polar surface area (TPSA) is 59.5 Å². The van der Waals surface area contributed by atoms with E-state index in [4.69, 9.17) is 10.2 Å². The largest absolute Gasteiger partial charge is 0.456 e. The molecule has 1 amide bonds. The molecular weight excluding hydrogens is 216 g/mol. The smallest absolute Gasteiger partial charge is 0.289 e. The third kappa shape index (κ3) is 4.23. The standard InChI is InChI=1S/C13H22N2O2/c1-3-11-7-8-12(17-11)13(16)15(2)10-6-4-5-9-14/h7-8H,3-6,9-10,14H2,1-2H3. The van der Waals surface area contributed by atoms with Gasteiger partial charge in [0.1, 0.15) is 5.76 Å². The summed E-state index contributed by atoms with van der Waals surface area (Å²) in [6.45, 7) is 3.47. The van der Waals surface area contributed by atoms with Crippen LogP contribution >= 0.6 is 0 Å². The van der Waals surface area contributed by atoms with Crippen LogP contribution in [0.15, 0.2) is 16.5 Å². The van der Waals surface area contributed by atoms with E-state index in [9.17, 15) is 4.79 Å². The minimum absolute atomic E-state index is 0.0440. The molecule has 0 saturated carbocycles. The van der Waals surface area contributed by atoms with Gasteiger partial charge in [0.2, 0.25) is 0 Å². The van der Waals surface area contributed by atoms with Crippen LogP contribution in [0.25, 0.3) is 0 Å². The molecule has 0 aliphatic carbocycles. The maximum absolute atomic E-state index is 11.9. The van der Waals surface area contributed by atoms with E-state index in [0.29, 0.717) is 5.76 Å². The van der Waals surface area contributed by atoms with Crippen molar-refractivity contribution in [1.82, 2.24) is 4.90 Å². The molecule has 17 heavy (non-hydrogen) atoms. The van der Waals surface area contributed by atoms with Crippen LogP contribution in [0.5, 0.6) is 0 Å². The van der Waals surface area contributed by atoms with Gasteiger partial charge in [0, 0.05) is 20.0 Å². The number of furan rings is 1. The number of nitrogens with two attached hydrogens (primary N) is 1. The summed E-state index contributed by atoms with van der Waals surface area (Å²) in [5, 5.41) is 0. The number of hydrogen-bond acceptors (Lipinski definition) is 3. The van der Waals surface area contributed by atoms with Crippen LogP contribution in [0, 0.1) is 0 Å². The number of rotatable bonds is 7. The molecule has 0 aliphatic rings. The summed E-state index contributed by atoms with van der Waals surface area (Å²) < 4.78 is 5.43. The minimum Gasteiger partial charge on any atom is -0.456 e. The molecule has 4 heteroatoms. The fourth-order valence-corrected chi connectivity index (χ4v) is 1.64. The highest BCUT2D eigenvalue weighted by Gasteiger charge is 2.14. The third-order valence-electron chi connectivity index (χ3n) is 2.77. The summed E-state index contributed by atoms with van der Waals surface area (Å²) >= 11 is 0. The lowest BCUT2D eigenvalue weighted by Gasteiger charge is -2.15. The monoisotopic (exact) mass is 238 g/mol. The van der Waals surface area contributed by atoms with Crippen molar-refractivity contribution in [2.45, 2.75) is 32.6 Å². The first-order valence-corrected chi connectivity index (χ1v) is 6.23. The van der Waals surface area contributed by atoms with E-state index < -0.39 is 0 Å². The van der Waals surface area contributed by atoms with Crippen molar-refractivity contribution in [3.8, 4) is 0 Å². The Hall–Kier alpha value is -1.29. The van der Waals surface area contributed by atoms with Gasteiger partial charge in [-0.25, -0.2) is 0 Å². The van der Waals surface area contributed by atoms with Crippen molar-refractivity contribution in [2.24, 2.45) is 5.73 Å². The summed E-state index contributed by atoms with van der Waals surface area (Å²) in [5.41, 5.74) is 5.42. The molecule has 0 bridgehead atoms. The van der Waals surface area contributed by atoms with Gasteiger partial charge in [-0.05, 0) is 31.5 Å². The maximum Gasteiger partial charge on any atom is 0.289 e. The quantitative estimate of drug-likeness (QED) is 0.739. The van der Waals surface area contributed by atoms with Crippen LogP contribution in [-0.4, -0.2) is 30.9 Å². The van der Waals surface area contributed by atoms with Crippen molar-refractivity contribution in [2.75, 3.05) is 20.1 Å². The third-order valence-corrected chi connectivity index (χ3v) is 2.77. The molecule has 0 spiro atoms. The Balaban J connectivity index is 2.40. The lowest BCUT2D eigenvalue weighted by Crippen LogP contribution is -2.27. The van der Waals surface area contributed by atoms with E-state index in [2.05, 4.69) is 0 Å². The highest BCUT2D eigenvalue weighted by atomic mass is 16.4. The minimum atomic E-state index is -0.0440. The van der Waals surface area contributed by atoms with E-state index in [1.807, 2.05) is 13.0 Å². The average Bonchev–Trinajstić information content (AvgIpc) is 2.82. The normalized spacial score (nSPS) is 10.5. The van der Waals surface area contributed by atoms with Crippen LogP contribution in [-0.2, 0) is 6.42 Å². The zero-order valence-electron chi connectivity index (χ0n) is 10.7. The van der Waals surface area contributed by atoms with E-state index in [0.717, 1.165) is 44.5 Å². The Labute approximate surface area is 103 Å². The number of carbonyl (C=O) groups is 1. The van der Waals surface area contributed by atoms with Crippen molar-refractivity contribution in [1.29, 1.82) is 0 Å². The fourth-order valence-electron chi connectivity index (χ4n) is 1.64. The molecule has 0 aromatic carbocycles. The molecule has 1 heterocycles. The van der Waals surface area contributed by atoms with Gasteiger partial charge in [-0.3, -0.25) is 4.79 Å². The van der Waals surface area contributed by atoms with E-state index >= 15 is 0 Å². The molecule has 0 saturated heterocycles. The van der Waals surface area contributed by atoms with Crippen LogP contribution < -0.4 is 5.73 Å². The summed E-state index contributed by atoms with van der Waals surface area (Å²) in [6, 6.07) is 3.60. The Morgan fingerprint density at radius 3 is 2.71 bits per heavy atom. The number of nitrogens with zero attached hydrogens (tertiary/aromatic N) is 1. The molecule has 0 fully saturated rings. The van der Waals surface area contributed by atoms with Crippen LogP contribution in [0.1, 0.15) is 42.5 Å². The van der Waals surface area contributed by atoms with Crippen molar-refractivity contribution in [3.63, 3.8) is 0 Å². The van der Waals surface area contributed by atoms with Crippen LogP contribution in [0.3, 0.4) is 0 Å². The molecular formula is C13H22N2O2. The first kappa shape index (κ1) is 13.8. The Kier molecular flexibility index (Phi) is 5.77. The highest BCUT2D eigenvalue weighted by molar-refractivity contribution is 5.91. The lowest BCUT2D eigenvalue weighted by atomic mass is 10.2. The molecule has 1 rings (SSSR count).